The molecule has 0 aromatic rings. The lowest BCUT2D eigenvalue weighted by Gasteiger charge is -2.31. The molecule has 1 N–H and O–H groups in total. The van der Waals surface area contributed by atoms with Gasteiger partial charge in [-0.1, -0.05) is 0 Å². The Hall–Kier alpha value is -1.14. The van der Waals surface area contributed by atoms with Gasteiger partial charge in [0.1, 0.15) is 12.2 Å². The Morgan fingerprint density at radius 1 is 1.47 bits per heavy atom. The first-order valence-corrected chi connectivity index (χ1v) is 4.59. The second-order valence-electron chi connectivity index (χ2n) is 3.30. The molecule has 0 bridgehead atoms. The third-order valence-electron chi connectivity index (χ3n) is 2.13. The molecule has 0 aromatic carbocycles. The number of hydrogen-bond donors (Lipinski definition) is 1. The summed E-state index contributed by atoms with van der Waals surface area (Å²) in [6.07, 6.45) is -2.26. The maximum absolute atomic E-state index is 11.1. The van der Waals surface area contributed by atoms with E-state index in [0.717, 1.165) is 0 Å². The molecule has 1 rings (SSSR count). The van der Waals surface area contributed by atoms with Gasteiger partial charge in [-0.2, -0.15) is 0 Å². The third-order valence-corrected chi connectivity index (χ3v) is 2.13. The summed E-state index contributed by atoms with van der Waals surface area (Å²) in [5, 5.41) is 9.44. The van der Waals surface area contributed by atoms with Crippen LogP contribution in [0.15, 0.2) is 0 Å². The minimum atomic E-state index is -0.894. The highest BCUT2D eigenvalue weighted by Crippen LogP contribution is 2.18. The van der Waals surface area contributed by atoms with E-state index < -0.39 is 30.3 Å². The van der Waals surface area contributed by atoms with Gasteiger partial charge in [0, 0.05) is 13.3 Å². The lowest BCUT2D eigenvalue weighted by atomic mass is 10.0. The molecule has 0 aromatic heterocycles. The van der Waals surface area contributed by atoms with Crippen molar-refractivity contribution in [2.24, 2.45) is 0 Å². The summed E-state index contributed by atoms with van der Waals surface area (Å²) in [7, 11) is 1.25. The van der Waals surface area contributed by atoms with Crippen molar-refractivity contribution in [3.05, 3.63) is 0 Å². The number of rotatable bonds is 2. The lowest BCUT2D eigenvalue weighted by molar-refractivity contribution is -0.184. The monoisotopic (exact) mass is 218 g/mol. The first kappa shape index (κ1) is 11.9. The number of aliphatic hydroxyl groups is 1. The molecule has 0 spiro atoms. The molecule has 0 saturated carbocycles. The molecule has 1 aliphatic heterocycles. The van der Waals surface area contributed by atoms with Crippen LogP contribution in [0.4, 0.5) is 0 Å². The fourth-order valence-corrected chi connectivity index (χ4v) is 1.39. The second kappa shape index (κ2) is 5.09. The molecule has 6 heteroatoms. The van der Waals surface area contributed by atoms with Gasteiger partial charge < -0.3 is 19.3 Å². The summed E-state index contributed by atoms with van der Waals surface area (Å²) >= 11 is 0. The van der Waals surface area contributed by atoms with E-state index in [4.69, 9.17) is 9.47 Å². The summed E-state index contributed by atoms with van der Waals surface area (Å²) in [6.45, 7) is 1.20. The zero-order chi connectivity index (χ0) is 11.4. The number of carbonyl (C=O) groups is 2. The zero-order valence-corrected chi connectivity index (χ0v) is 8.63. The van der Waals surface area contributed by atoms with Gasteiger partial charge in [-0.3, -0.25) is 4.79 Å². The molecule has 1 saturated heterocycles. The van der Waals surface area contributed by atoms with E-state index in [1.165, 1.54) is 14.0 Å². The van der Waals surface area contributed by atoms with Crippen LogP contribution in [0, 0.1) is 0 Å². The summed E-state index contributed by atoms with van der Waals surface area (Å²) in [4.78, 5) is 21.8. The SMILES string of the molecule is COC(=O)C1C[C@@H](OC(C)=O)C(O)CO1. The van der Waals surface area contributed by atoms with Crippen LogP contribution in [-0.2, 0) is 23.8 Å². The number of methoxy groups -OCH3 is 1. The van der Waals surface area contributed by atoms with E-state index in [-0.39, 0.29) is 13.0 Å². The summed E-state index contributed by atoms with van der Waals surface area (Å²) in [5.74, 6) is -1.02. The van der Waals surface area contributed by atoms with Crippen LogP contribution in [0.25, 0.3) is 0 Å². The van der Waals surface area contributed by atoms with Crippen LogP contribution in [-0.4, -0.2) is 49.1 Å². The lowest BCUT2D eigenvalue weighted by Crippen LogP contribution is -2.46. The predicted octanol–water partition coefficient (Wildman–Crippen LogP) is -0.759. The van der Waals surface area contributed by atoms with Crippen LogP contribution in [0.2, 0.25) is 0 Å². The van der Waals surface area contributed by atoms with Crippen molar-refractivity contribution in [3.8, 4) is 0 Å². The summed E-state index contributed by atoms with van der Waals surface area (Å²) in [5.41, 5.74) is 0. The third kappa shape index (κ3) is 3.17. The Morgan fingerprint density at radius 3 is 2.67 bits per heavy atom. The minimum absolute atomic E-state index is 0.0439. The van der Waals surface area contributed by atoms with E-state index in [1.807, 2.05) is 0 Å². The van der Waals surface area contributed by atoms with Gasteiger partial charge in [0.05, 0.1) is 13.7 Å². The van der Waals surface area contributed by atoms with Crippen LogP contribution >= 0.6 is 0 Å². The fourth-order valence-electron chi connectivity index (χ4n) is 1.39. The van der Waals surface area contributed by atoms with Gasteiger partial charge in [-0.25, -0.2) is 4.79 Å². The highest BCUT2D eigenvalue weighted by atomic mass is 16.6. The van der Waals surface area contributed by atoms with Gasteiger partial charge in [-0.05, 0) is 0 Å². The molecule has 86 valence electrons. The number of esters is 2. The molecule has 0 amide bonds. The largest absolute Gasteiger partial charge is 0.467 e. The Morgan fingerprint density at radius 2 is 2.13 bits per heavy atom. The normalized spacial score (nSPS) is 30.7. The van der Waals surface area contributed by atoms with Gasteiger partial charge in [-0.15, -0.1) is 0 Å². The maximum atomic E-state index is 11.1. The molecule has 1 fully saturated rings. The molecule has 2 unspecified atom stereocenters. The van der Waals surface area contributed by atoms with E-state index >= 15 is 0 Å². The fraction of sp³-hybridized carbons (Fsp3) is 0.778. The van der Waals surface area contributed by atoms with Crippen LogP contribution in [0.3, 0.4) is 0 Å². The molecular weight excluding hydrogens is 204 g/mol. The van der Waals surface area contributed by atoms with Gasteiger partial charge in [0.15, 0.2) is 6.10 Å². The molecule has 1 aliphatic rings. The standard InChI is InChI=1S/C9H14O6/c1-5(10)15-7-3-8(9(12)13-2)14-4-6(7)11/h6-8,11H,3-4H2,1-2H3/t6?,7-,8?/m1/s1. The Kier molecular flexibility index (Phi) is 4.05. The van der Waals surface area contributed by atoms with Gasteiger partial charge in [0.2, 0.25) is 0 Å². The molecule has 3 atom stereocenters. The van der Waals surface area contributed by atoms with Crippen molar-refractivity contribution >= 4 is 11.9 Å². The van der Waals surface area contributed by atoms with Crippen LogP contribution < -0.4 is 0 Å². The first-order valence-electron chi connectivity index (χ1n) is 4.59. The molecule has 6 nitrogen and oxygen atoms in total. The summed E-state index contributed by atoms with van der Waals surface area (Å²) in [6, 6.07) is 0. The number of aliphatic hydroxyl groups excluding tert-OH is 1. The van der Waals surface area contributed by atoms with Crippen molar-refractivity contribution in [3.63, 3.8) is 0 Å². The number of hydrogen-bond acceptors (Lipinski definition) is 6. The second-order valence-corrected chi connectivity index (χ2v) is 3.30. The number of carbonyl (C=O) groups excluding carboxylic acids is 2. The summed E-state index contributed by atoms with van der Waals surface area (Å²) < 4.78 is 14.4. The van der Waals surface area contributed by atoms with Gasteiger partial charge >= 0.3 is 11.9 Å². The average molecular weight is 218 g/mol. The van der Waals surface area contributed by atoms with E-state index in [0.29, 0.717) is 0 Å². The van der Waals surface area contributed by atoms with Gasteiger partial charge in [0.25, 0.3) is 0 Å². The highest BCUT2D eigenvalue weighted by Gasteiger charge is 2.36. The van der Waals surface area contributed by atoms with Crippen molar-refractivity contribution < 1.29 is 28.9 Å². The predicted molar refractivity (Wildman–Crippen MR) is 47.9 cm³/mol. The van der Waals surface area contributed by atoms with Crippen molar-refractivity contribution in [1.29, 1.82) is 0 Å². The van der Waals surface area contributed by atoms with Crippen LogP contribution in [0.5, 0.6) is 0 Å². The highest BCUT2D eigenvalue weighted by molar-refractivity contribution is 5.74. The molecule has 0 radical (unpaired) electrons. The average Bonchev–Trinajstić information content (AvgIpc) is 2.19. The molecule has 1 heterocycles. The first-order chi connectivity index (χ1) is 7.04. The quantitative estimate of drug-likeness (QED) is 0.613. The topological polar surface area (TPSA) is 82.1 Å². The van der Waals surface area contributed by atoms with Crippen molar-refractivity contribution in [2.75, 3.05) is 13.7 Å². The Labute approximate surface area is 87.1 Å². The van der Waals surface area contributed by atoms with E-state index in [2.05, 4.69) is 4.74 Å². The molecule has 15 heavy (non-hydrogen) atoms. The van der Waals surface area contributed by atoms with Crippen molar-refractivity contribution in [2.45, 2.75) is 31.7 Å². The van der Waals surface area contributed by atoms with Crippen molar-refractivity contribution in [1.82, 2.24) is 0 Å². The maximum Gasteiger partial charge on any atom is 0.335 e. The van der Waals surface area contributed by atoms with E-state index in [9.17, 15) is 14.7 Å². The van der Waals surface area contributed by atoms with E-state index in [1.54, 1.807) is 0 Å². The Bertz CT molecular complexity index is 251. The molecular formula is C9H14O6. The minimum Gasteiger partial charge on any atom is -0.467 e. The van der Waals surface area contributed by atoms with Crippen LogP contribution in [0.1, 0.15) is 13.3 Å². The zero-order valence-electron chi connectivity index (χ0n) is 8.63. The number of ether oxygens (including phenoxy) is 3. The Balaban J connectivity index is 2.55. The molecule has 0 aliphatic carbocycles. The smallest absolute Gasteiger partial charge is 0.335 e.